The summed E-state index contributed by atoms with van der Waals surface area (Å²) in [4.78, 5) is 18.5. The molecule has 3 N–H and O–H groups in total. The van der Waals surface area contributed by atoms with Crippen LogP contribution in [-0.4, -0.2) is 49.1 Å². The quantitative estimate of drug-likeness (QED) is 0.405. The van der Waals surface area contributed by atoms with Gasteiger partial charge in [-0.25, -0.2) is 4.99 Å². The number of amides is 1. The van der Waals surface area contributed by atoms with Crippen molar-refractivity contribution in [1.29, 1.82) is 0 Å². The smallest absolute Gasteiger partial charge is 0.251 e. The van der Waals surface area contributed by atoms with Crippen molar-refractivity contribution in [3.05, 3.63) is 65.7 Å². The third-order valence-electron chi connectivity index (χ3n) is 3.71. The van der Waals surface area contributed by atoms with E-state index in [1.807, 2.05) is 49.3 Å². The number of hydrogen-bond donors (Lipinski definition) is 3. The molecule has 6 nitrogen and oxygen atoms in total. The number of rotatable bonds is 7. The molecule has 0 unspecified atom stereocenters. The Morgan fingerprint density at radius 1 is 1.04 bits per heavy atom. The fraction of sp³-hybridized carbons (Fsp3) is 0.300. The van der Waals surface area contributed by atoms with Crippen LogP contribution in [0.15, 0.2) is 59.6 Å². The summed E-state index contributed by atoms with van der Waals surface area (Å²) >= 11 is 0. The first kappa shape index (κ1) is 19.3. The predicted molar refractivity (Wildman–Crippen MR) is 104 cm³/mol. The molecular formula is C20H26N4O2. The molecule has 0 fully saturated rings. The lowest BCUT2D eigenvalue weighted by Gasteiger charge is -2.17. The second-order valence-corrected chi connectivity index (χ2v) is 6.11. The summed E-state index contributed by atoms with van der Waals surface area (Å²) in [7, 11) is 3.89. The molecule has 2 aromatic rings. The van der Waals surface area contributed by atoms with Crippen molar-refractivity contribution in [3.8, 4) is 5.75 Å². The zero-order chi connectivity index (χ0) is 18.8. The molecule has 2 aromatic carbocycles. The lowest BCUT2D eigenvalue weighted by Crippen LogP contribution is -2.38. The number of guanidine groups is 1. The largest absolute Gasteiger partial charge is 0.508 e. The number of phenols is 1. The van der Waals surface area contributed by atoms with Gasteiger partial charge in [-0.15, -0.1) is 0 Å². The van der Waals surface area contributed by atoms with E-state index in [1.54, 1.807) is 12.1 Å². The molecule has 0 aliphatic carbocycles. The van der Waals surface area contributed by atoms with Crippen molar-refractivity contribution in [2.24, 2.45) is 4.99 Å². The predicted octanol–water partition coefficient (Wildman–Crippen LogP) is 2.22. The van der Waals surface area contributed by atoms with Crippen LogP contribution in [0.4, 0.5) is 0 Å². The molecule has 0 saturated carbocycles. The first-order chi connectivity index (χ1) is 12.6. The fourth-order valence-electron chi connectivity index (χ4n) is 2.34. The Kier molecular flexibility index (Phi) is 7.49. The van der Waals surface area contributed by atoms with Crippen LogP contribution < -0.4 is 10.6 Å². The fourth-order valence-corrected chi connectivity index (χ4v) is 2.34. The SMILES string of the molecule is CN(C)C(=NCc1ccccc1)NCCCNC(=O)c1cccc(O)c1. The summed E-state index contributed by atoms with van der Waals surface area (Å²) in [6, 6.07) is 16.4. The van der Waals surface area contributed by atoms with Crippen LogP contribution in [0.1, 0.15) is 22.3 Å². The Labute approximate surface area is 154 Å². The van der Waals surface area contributed by atoms with Gasteiger partial charge in [-0.2, -0.15) is 0 Å². The minimum Gasteiger partial charge on any atom is -0.508 e. The van der Waals surface area contributed by atoms with E-state index < -0.39 is 0 Å². The highest BCUT2D eigenvalue weighted by Crippen LogP contribution is 2.10. The number of carbonyl (C=O) groups is 1. The Balaban J connectivity index is 1.73. The van der Waals surface area contributed by atoms with E-state index in [1.165, 1.54) is 12.1 Å². The highest BCUT2D eigenvalue weighted by atomic mass is 16.3. The number of phenolic OH excluding ortho intramolecular Hbond substituents is 1. The summed E-state index contributed by atoms with van der Waals surface area (Å²) in [5, 5.41) is 15.5. The summed E-state index contributed by atoms with van der Waals surface area (Å²) < 4.78 is 0. The van der Waals surface area contributed by atoms with Gasteiger partial charge in [-0.1, -0.05) is 36.4 Å². The first-order valence-electron chi connectivity index (χ1n) is 8.63. The van der Waals surface area contributed by atoms with Crippen LogP contribution in [0.2, 0.25) is 0 Å². The Bertz CT molecular complexity index is 730. The number of benzene rings is 2. The maximum atomic E-state index is 12.0. The maximum Gasteiger partial charge on any atom is 0.251 e. The minimum absolute atomic E-state index is 0.0876. The zero-order valence-electron chi connectivity index (χ0n) is 15.3. The highest BCUT2D eigenvalue weighted by molar-refractivity contribution is 5.94. The molecule has 0 saturated heterocycles. The maximum absolute atomic E-state index is 12.0. The molecule has 6 heteroatoms. The van der Waals surface area contributed by atoms with Gasteiger partial charge in [0.05, 0.1) is 6.54 Å². The van der Waals surface area contributed by atoms with E-state index in [2.05, 4.69) is 15.6 Å². The molecule has 0 atom stereocenters. The minimum atomic E-state index is -0.188. The number of carbonyl (C=O) groups excluding carboxylic acids is 1. The third-order valence-corrected chi connectivity index (χ3v) is 3.71. The number of nitrogens with zero attached hydrogens (tertiary/aromatic N) is 2. The molecule has 26 heavy (non-hydrogen) atoms. The third kappa shape index (κ3) is 6.47. The average molecular weight is 354 g/mol. The Hall–Kier alpha value is -3.02. The topological polar surface area (TPSA) is 77.0 Å². The monoisotopic (exact) mass is 354 g/mol. The first-order valence-corrected chi connectivity index (χ1v) is 8.63. The van der Waals surface area contributed by atoms with E-state index in [9.17, 15) is 9.90 Å². The summed E-state index contributed by atoms with van der Waals surface area (Å²) in [6.45, 7) is 1.86. The van der Waals surface area contributed by atoms with Crippen LogP contribution in [-0.2, 0) is 6.54 Å². The molecule has 1 amide bonds. The summed E-state index contributed by atoms with van der Waals surface area (Å²) in [6.07, 6.45) is 0.767. The molecule has 0 spiro atoms. The van der Waals surface area contributed by atoms with Gasteiger partial charge in [0.15, 0.2) is 5.96 Å². The van der Waals surface area contributed by atoms with Crippen molar-refractivity contribution in [1.82, 2.24) is 15.5 Å². The highest BCUT2D eigenvalue weighted by Gasteiger charge is 2.05. The second-order valence-electron chi connectivity index (χ2n) is 6.11. The van der Waals surface area contributed by atoms with Crippen LogP contribution in [0, 0.1) is 0 Å². The van der Waals surface area contributed by atoms with Gasteiger partial charge in [0, 0.05) is 32.7 Å². The molecule has 2 rings (SSSR count). The van der Waals surface area contributed by atoms with Crippen molar-refractivity contribution in [3.63, 3.8) is 0 Å². The molecule has 0 radical (unpaired) electrons. The zero-order valence-corrected chi connectivity index (χ0v) is 15.3. The molecule has 0 bridgehead atoms. The number of aliphatic imine (C=N–C) groups is 1. The summed E-state index contributed by atoms with van der Waals surface area (Å²) in [5.41, 5.74) is 1.61. The molecule has 0 aliphatic heterocycles. The number of aromatic hydroxyl groups is 1. The number of nitrogens with one attached hydrogen (secondary N) is 2. The van der Waals surface area contributed by atoms with Crippen molar-refractivity contribution in [2.75, 3.05) is 27.2 Å². The molecule has 138 valence electrons. The van der Waals surface area contributed by atoms with E-state index in [0.29, 0.717) is 25.2 Å². The van der Waals surface area contributed by atoms with Gasteiger partial charge in [0.2, 0.25) is 0 Å². The van der Waals surface area contributed by atoms with Gasteiger partial charge in [0.25, 0.3) is 5.91 Å². The van der Waals surface area contributed by atoms with Gasteiger partial charge in [-0.05, 0) is 30.2 Å². The van der Waals surface area contributed by atoms with Gasteiger partial charge >= 0.3 is 0 Å². The Morgan fingerprint density at radius 2 is 1.77 bits per heavy atom. The Morgan fingerprint density at radius 3 is 2.46 bits per heavy atom. The lowest BCUT2D eigenvalue weighted by molar-refractivity contribution is 0.0953. The van der Waals surface area contributed by atoms with E-state index in [4.69, 9.17) is 0 Å². The molecule has 0 heterocycles. The summed E-state index contributed by atoms with van der Waals surface area (Å²) in [5.74, 6) is 0.712. The van der Waals surface area contributed by atoms with Crippen molar-refractivity contribution >= 4 is 11.9 Å². The van der Waals surface area contributed by atoms with Crippen LogP contribution >= 0.6 is 0 Å². The van der Waals surface area contributed by atoms with Crippen molar-refractivity contribution < 1.29 is 9.90 Å². The van der Waals surface area contributed by atoms with Crippen LogP contribution in [0.3, 0.4) is 0 Å². The normalized spacial score (nSPS) is 11.1. The van der Waals surface area contributed by atoms with E-state index in [-0.39, 0.29) is 11.7 Å². The molecule has 0 aliphatic rings. The van der Waals surface area contributed by atoms with E-state index in [0.717, 1.165) is 17.9 Å². The second kappa shape index (κ2) is 10.1. The van der Waals surface area contributed by atoms with Gasteiger partial charge < -0.3 is 20.6 Å². The lowest BCUT2D eigenvalue weighted by atomic mass is 10.2. The van der Waals surface area contributed by atoms with E-state index >= 15 is 0 Å². The van der Waals surface area contributed by atoms with Crippen LogP contribution in [0.5, 0.6) is 5.75 Å². The standard InChI is InChI=1S/C20H26N4O2/c1-24(2)20(23-15-16-8-4-3-5-9-16)22-13-7-12-21-19(26)17-10-6-11-18(25)14-17/h3-6,8-11,14,25H,7,12-13,15H2,1-2H3,(H,21,26)(H,22,23). The van der Waals surface area contributed by atoms with Crippen molar-refractivity contribution in [2.45, 2.75) is 13.0 Å². The average Bonchev–Trinajstić information content (AvgIpc) is 2.64. The molecular weight excluding hydrogens is 328 g/mol. The molecule has 0 aromatic heterocycles. The van der Waals surface area contributed by atoms with Gasteiger partial charge in [0.1, 0.15) is 5.75 Å². The van der Waals surface area contributed by atoms with Gasteiger partial charge in [-0.3, -0.25) is 4.79 Å². The van der Waals surface area contributed by atoms with Crippen LogP contribution in [0.25, 0.3) is 0 Å². The number of hydrogen-bond acceptors (Lipinski definition) is 3.